The smallest absolute Gasteiger partial charge is 0.306 e. The van der Waals surface area contributed by atoms with E-state index in [1.54, 1.807) is 51.2 Å². The number of amides is 2. The highest BCUT2D eigenvalue weighted by Gasteiger charge is 2.36. The van der Waals surface area contributed by atoms with Crippen LogP contribution in [0.2, 0.25) is 0 Å². The van der Waals surface area contributed by atoms with Gasteiger partial charge in [-0.15, -0.1) is 0 Å². The Morgan fingerprint density at radius 2 is 2.00 bits per heavy atom. The number of aromatic nitrogens is 1. The zero-order chi connectivity index (χ0) is 22.8. The molecule has 2 aromatic rings. The second-order valence-corrected chi connectivity index (χ2v) is 8.56. The quantitative estimate of drug-likeness (QED) is 0.656. The van der Waals surface area contributed by atoms with Crippen molar-refractivity contribution < 1.29 is 24.2 Å². The molecular formula is C23H27N3O5. The Bertz CT molecular complexity index is 1010. The predicted octanol–water partition coefficient (Wildman–Crippen LogP) is 2.17. The number of esters is 1. The standard InChI is InChI=1S/C23H27N3O5/c1-23(2,3)31-20(28)7-6-19(21(24)29)26-12-16-11-15(4-5-17(16)22(26)30)18-10-14(13-27)8-9-25-18/h4-5,8-11,19,27H,6-7,12-13H2,1-3H3,(H2,24,29). The SMILES string of the molecule is CC(C)(C)OC(=O)CCC(C(N)=O)N1Cc2cc(-c3cc(CO)ccn3)ccc2C1=O. The number of primary amides is 1. The monoisotopic (exact) mass is 425 g/mol. The van der Waals surface area contributed by atoms with E-state index >= 15 is 0 Å². The average Bonchev–Trinajstić information content (AvgIpc) is 3.02. The van der Waals surface area contributed by atoms with Crippen LogP contribution in [0.5, 0.6) is 0 Å². The van der Waals surface area contributed by atoms with Gasteiger partial charge in [-0.1, -0.05) is 6.07 Å². The fourth-order valence-corrected chi connectivity index (χ4v) is 3.58. The third-order valence-electron chi connectivity index (χ3n) is 4.99. The summed E-state index contributed by atoms with van der Waals surface area (Å²) >= 11 is 0. The van der Waals surface area contributed by atoms with E-state index in [0.29, 0.717) is 11.3 Å². The number of fused-ring (bicyclic) bond motifs is 1. The van der Waals surface area contributed by atoms with Crippen LogP contribution in [0.1, 0.15) is 55.1 Å². The van der Waals surface area contributed by atoms with Crippen molar-refractivity contribution in [1.82, 2.24) is 9.88 Å². The maximum Gasteiger partial charge on any atom is 0.306 e. The second kappa shape index (κ2) is 8.85. The van der Waals surface area contributed by atoms with Gasteiger partial charge in [0.15, 0.2) is 0 Å². The van der Waals surface area contributed by atoms with E-state index in [4.69, 9.17) is 10.5 Å². The molecule has 164 valence electrons. The summed E-state index contributed by atoms with van der Waals surface area (Å²) in [6.45, 7) is 5.41. The van der Waals surface area contributed by atoms with E-state index < -0.39 is 23.5 Å². The number of aliphatic hydroxyl groups excluding tert-OH is 1. The van der Waals surface area contributed by atoms with Crippen molar-refractivity contribution in [2.75, 3.05) is 0 Å². The lowest BCUT2D eigenvalue weighted by molar-refractivity contribution is -0.155. The van der Waals surface area contributed by atoms with Gasteiger partial charge in [-0.05, 0) is 62.6 Å². The molecule has 1 aliphatic rings. The Kier molecular flexibility index (Phi) is 6.40. The van der Waals surface area contributed by atoms with Crippen molar-refractivity contribution in [3.8, 4) is 11.3 Å². The number of aliphatic hydroxyl groups is 1. The second-order valence-electron chi connectivity index (χ2n) is 8.56. The van der Waals surface area contributed by atoms with E-state index in [2.05, 4.69) is 4.98 Å². The summed E-state index contributed by atoms with van der Waals surface area (Å²) in [6.07, 6.45) is 1.69. The van der Waals surface area contributed by atoms with Crippen LogP contribution in [0, 0.1) is 0 Å². The first-order chi connectivity index (χ1) is 14.6. The van der Waals surface area contributed by atoms with Crippen LogP contribution in [0.25, 0.3) is 11.3 Å². The van der Waals surface area contributed by atoms with E-state index in [-0.39, 0.29) is 31.9 Å². The Morgan fingerprint density at radius 1 is 1.26 bits per heavy atom. The number of pyridine rings is 1. The first-order valence-corrected chi connectivity index (χ1v) is 10.1. The summed E-state index contributed by atoms with van der Waals surface area (Å²) in [5, 5.41) is 9.34. The lowest BCUT2D eigenvalue weighted by Crippen LogP contribution is -2.45. The van der Waals surface area contributed by atoms with Gasteiger partial charge in [0.05, 0.1) is 12.3 Å². The number of hydrogen-bond donors (Lipinski definition) is 2. The average molecular weight is 425 g/mol. The lowest BCUT2D eigenvalue weighted by Gasteiger charge is -2.25. The first kappa shape index (κ1) is 22.4. The summed E-state index contributed by atoms with van der Waals surface area (Å²) < 4.78 is 5.28. The predicted molar refractivity (Wildman–Crippen MR) is 114 cm³/mol. The molecule has 31 heavy (non-hydrogen) atoms. The normalized spacial score (nSPS) is 14.3. The highest BCUT2D eigenvalue weighted by Crippen LogP contribution is 2.30. The molecular weight excluding hydrogens is 398 g/mol. The van der Waals surface area contributed by atoms with Gasteiger partial charge in [-0.2, -0.15) is 0 Å². The Labute approximate surface area is 181 Å². The Balaban J connectivity index is 1.78. The van der Waals surface area contributed by atoms with Gasteiger partial charge < -0.3 is 20.5 Å². The molecule has 0 spiro atoms. The van der Waals surface area contributed by atoms with E-state index in [1.165, 1.54) is 4.90 Å². The van der Waals surface area contributed by atoms with Gasteiger partial charge in [0.25, 0.3) is 5.91 Å². The minimum absolute atomic E-state index is 0.0197. The molecule has 0 aliphatic carbocycles. The Morgan fingerprint density at radius 3 is 2.65 bits per heavy atom. The number of benzene rings is 1. The van der Waals surface area contributed by atoms with Crippen molar-refractivity contribution in [1.29, 1.82) is 0 Å². The molecule has 3 N–H and O–H groups in total. The van der Waals surface area contributed by atoms with Gasteiger partial charge in [0.2, 0.25) is 5.91 Å². The fraction of sp³-hybridized carbons (Fsp3) is 0.391. The molecule has 2 heterocycles. The van der Waals surface area contributed by atoms with Gasteiger partial charge in [0.1, 0.15) is 11.6 Å². The molecule has 0 fully saturated rings. The first-order valence-electron chi connectivity index (χ1n) is 10.1. The van der Waals surface area contributed by atoms with Gasteiger partial charge in [-0.25, -0.2) is 0 Å². The summed E-state index contributed by atoms with van der Waals surface area (Å²) in [4.78, 5) is 42.8. The van der Waals surface area contributed by atoms with Gasteiger partial charge in [0, 0.05) is 30.3 Å². The molecule has 8 nitrogen and oxygen atoms in total. The molecule has 2 amide bonds. The summed E-state index contributed by atoms with van der Waals surface area (Å²) in [5.74, 6) is -1.41. The van der Waals surface area contributed by atoms with Crippen LogP contribution in [0.4, 0.5) is 0 Å². The third-order valence-corrected chi connectivity index (χ3v) is 4.99. The van der Waals surface area contributed by atoms with Crippen LogP contribution in [-0.2, 0) is 27.5 Å². The molecule has 0 radical (unpaired) electrons. The summed E-state index contributed by atoms with van der Waals surface area (Å²) in [5.41, 5.74) is 8.39. The maximum absolute atomic E-state index is 12.9. The summed E-state index contributed by atoms with van der Waals surface area (Å²) in [6, 6.07) is 7.93. The minimum Gasteiger partial charge on any atom is -0.460 e. The molecule has 0 saturated carbocycles. The number of carbonyl (C=O) groups is 3. The summed E-state index contributed by atoms with van der Waals surface area (Å²) in [7, 11) is 0. The molecule has 0 bridgehead atoms. The molecule has 8 heteroatoms. The van der Waals surface area contributed by atoms with Crippen LogP contribution >= 0.6 is 0 Å². The number of nitrogens with two attached hydrogens (primary N) is 1. The van der Waals surface area contributed by atoms with Crippen LogP contribution in [-0.4, -0.2) is 44.4 Å². The number of nitrogens with zero attached hydrogens (tertiary/aromatic N) is 2. The molecule has 0 saturated heterocycles. The van der Waals surface area contributed by atoms with Crippen LogP contribution in [0.15, 0.2) is 36.5 Å². The number of ether oxygens (including phenoxy) is 1. The molecule has 1 atom stereocenters. The molecule has 1 aromatic carbocycles. The van der Waals surface area contributed by atoms with Crippen LogP contribution in [0.3, 0.4) is 0 Å². The van der Waals surface area contributed by atoms with Crippen molar-refractivity contribution in [2.45, 2.75) is 58.4 Å². The van der Waals surface area contributed by atoms with Crippen molar-refractivity contribution in [3.05, 3.63) is 53.2 Å². The fourth-order valence-electron chi connectivity index (χ4n) is 3.58. The number of hydrogen-bond acceptors (Lipinski definition) is 6. The van der Waals surface area contributed by atoms with Gasteiger partial charge >= 0.3 is 5.97 Å². The zero-order valence-electron chi connectivity index (χ0n) is 17.9. The van der Waals surface area contributed by atoms with E-state index in [0.717, 1.165) is 16.7 Å². The number of carbonyl (C=O) groups excluding carboxylic acids is 3. The van der Waals surface area contributed by atoms with Crippen molar-refractivity contribution >= 4 is 17.8 Å². The maximum atomic E-state index is 12.9. The number of rotatable bonds is 7. The molecule has 3 rings (SSSR count). The largest absolute Gasteiger partial charge is 0.460 e. The highest BCUT2D eigenvalue weighted by atomic mass is 16.6. The van der Waals surface area contributed by atoms with Crippen LogP contribution < -0.4 is 5.73 Å². The van der Waals surface area contributed by atoms with E-state index in [9.17, 15) is 19.5 Å². The zero-order valence-corrected chi connectivity index (χ0v) is 17.9. The van der Waals surface area contributed by atoms with Gasteiger partial charge in [-0.3, -0.25) is 19.4 Å². The van der Waals surface area contributed by atoms with E-state index in [1.807, 2.05) is 6.07 Å². The molecule has 1 unspecified atom stereocenters. The highest BCUT2D eigenvalue weighted by molar-refractivity contribution is 6.01. The lowest BCUT2D eigenvalue weighted by atomic mass is 10.0. The molecule has 1 aromatic heterocycles. The topological polar surface area (TPSA) is 123 Å². The van der Waals surface area contributed by atoms with Crippen molar-refractivity contribution in [2.24, 2.45) is 5.73 Å². The third kappa shape index (κ3) is 5.27. The Hall–Kier alpha value is -3.26. The minimum atomic E-state index is -0.910. The van der Waals surface area contributed by atoms with Crippen molar-refractivity contribution in [3.63, 3.8) is 0 Å². The molecule has 1 aliphatic heterocycles.